The number of halogens is 1. The summed E-state index contributed by atoms with van der Waals surface area (Å²) in [4.78, 5) is 38.9. The van der Waals surface area contributed by atoms with Crippen molar-refractivity contribution >= 4 is 34.8 Å². The number of amides is 2. The Morgan fingerprint density at radius 3 is 2.48 bits per heavy atom. The highest BCUT2D eigenvalue weighted by Crippen LogP contribution is 2.21. The van der Waals surface area contributed by atoms with E-state index in [1.54, 1.807) is 11.8 Å². The summed E-state index contributed by atoms with van der Waals surface area (Å²) in [5, 5.41) is 14.1. The molecule has 29 heavy (non-hydrogen) atoms. The first-order valence-electron chi connectivity index (χ1n) is 9.16. The molecule has 3 rings (SSSR count). The van der Waals surface area contributed by atoms with Crippen LogP contribution in [0.15, 0.2) is 42.5 Å². The van der Waals surface area contributed by atoms with E-state index in [4.69, 9.17) is 11.6 Å². The molecular formula is C20H21ClN4O4. The number of hydrogen-bond acceptors (Lipinski definition) is 5. The summed E-state index contributed by atoms with van der Waals surface area (Å²) in [7, 11) is 0. The average molecular weight is 417 g/mol. The maximum atomic E-state index is 12.4. The number of benzene rings is 2. The van der Waals surface area contributed by atoms with Gasteiger partial charge in [0.15, 0.2) is 0 Å². The number of hydrogen-bond donors (Lipinski definition) is 1. The molecule has 0 aliphatic carbocycles. The van der Waals surface area contributed by atoms with Crippen molar-refractivity contribution in [3.8, 4) is 0 Å². The number of nitro groups is 1. The third-order valence-corrected chi connectivity index (χ3v) is 5.10. The highest BCUT2D eigenvalue weighted by molar-refractivity contribution is 6.30. The quantitative estimate of drug-likeness (QED) is 0.597. The molecule has 2 aromatic rings. The van der Waals surface area contributed by atoms with Crippen LogP contribution in [0.1, 0.15) is 15.9 Å². The molecule has 152 valence electrons. The summed E-state index contributed by atoms with van der Waals surface area (Å²) >= 11 is 6.03. The van der Waals surface area contributed by atoms with Crippen molar-refractivity contribution in [1.82, 2.24) is 10.2 Å². The number of carbonyl (C=O) groups excluding carboxylic acids is 2. The minimum atomic E-state index is -0.496. The first-order chi connectivity index (χ1) is 13.8. The molecule has 0 bridgehead atoms. The molecule has 2 amide bonds. The number of carbonyl (C=O) groups is 2. The molecule has 0 saturated carbocycles. The van der Waals surface area contributed by atoms with Gasteiger partial charge in [0.25, 0.3) is 11.6 Å². The standard InChI is InChI=1S/C20H21ClN4O4/c1-14-11-15(5-6-18(14)25(28)29)20(27)22-13-19(26)24-9-7-23(8-10-24)17-4-2-3-16(21)12-17/h2-6,11-12H,7-10,13H2,1H3,(H,22,27). The van der Waals surface area contributed by atoms with Crippen molar-refractivity contribution in [3.05, 3.63) is 68.7 Å². The predicted octanol–water partition coefficient (Wildman–Crippen LogP) is 2.64. The maximum absolute atomic E-state index is 12.4. The third kappa shape index (κ3) is 5.03. The Kier molecular flexibility index (Phi) is 6.33. The highest BCUT2D eigenvalue weighted by Gasteiger charge is 2.22. The number of nitrogens with one attached hydrogen (secondary N) is 1. The molecule has 2 aromatic carbocycles. The van der Waals surface area contributed by atoms with Crippen molar-refractivity contribution in [3.63, 3.8) is 0 Å². The number of piperazine rings is 1. The fourth-order valence-corrected chi connectivity index (χ4v) is 3.44. The van der Waals surface area contributed by atoms with Gasteiger partial charge in [-0.1, -0.05) is 17.7 Å². The van der Waals surface area contributed by atoms with Crippen LogP contribution in [0.2, 0.25) is 5.02 Å². The molecule has 0 atom stereocenters. The van der Waals surface area contributed by atoms with Crippen LogP contribution in [0.25, 0.3) is 0 Å². The van der Waals surface area contributed by atoms with Crippen molar-refractivity contribution in [2.75, 3.05) is 37.6 Å². The monoisotopic (exact) mass is 416 g/mol. The summed E-state index contributed by atoms with van der Waals surface area (Å²) < 4.78 is 0. The van der Waals surface area contributed by atoms with Crippen LogP contribution in [-0.2, 0) is 4.79 Å². The Labute approximate surface area is 173 Å². The maximum Gasteiger partial charge on any atom is 0.272 e. The second kappa shape index (κ2) is 8.91. The highest BCUT2D eigenvalue weighted by atomic mass is 35.5. The van der Waals surface area contributed by atoms with Crippen LogP contribution >= 0.6 is 11.6 Å². The predicted molar refractivity (Wildman–Crippen MR) is 110 cm³/mol. The van der Waals surface area contributed by atoms with Gasteiger partial charge in [-0.15, -0.1) is 0 Å². The van der Waals surface area contributed by atoms with Crippen LogP contribution in [0.4, 0.5) is 11.4 Å². The van der Waals surface area contributed by atoms with Gasteiger partial charge < -0.3 is 15.1 Å². The van der Waals surface area contributed by atoms with Gasteiger partial charge >= 0.3 is 0 Å². The average Bonchev–Trinajstić information content (AvgIpc) is 2.71. The first-order valence-corrected chi connectivity index (χ1v) is 9.54. The van der Waals surface area contributed by atoms with E-state index in [1.807, 2.05) is 24.3 Å². The second-order valence-electron chi connectivity index (χ2n) is 6.79. The van der Waals surface area contributed by atoms with Crippen LogP contribution in [-0.4, -0.2) is 54.4 Å². The molecule has 0 radical (unpaired) electrons. The number of anilines is 1. The van der Waals surface area contributed by atoms with Gasteiger partial charge in [0.05, 0.1) is 11.5 Å². The van der Waals surface area contributed by atoms with Gasteiger partial charge in [0.1, 0.15) is 0 Å². The van der Waals surface area contributed by atoms with Crippen LogP contribution in [0.5, 0.6) is 0 Å². The smallest absolute Gasteiger partial charge is 0.272 e. The van der Waals surface area contributed by atoms with E-state index >= 15 is 0 Å². The SMILES string of the molecule is Cc1cc(C(=O)NCC(=O)N2CCN(c3cccc(Cl)c3)CC2)ccc1[N+](=O)[O-]. The van der Waals surface area contributed by atoms with E-state index in [2.05, 4.69) is 10.2 Å². The second-order valence-corrected chi connectivity index (χ2v) is 7.23. The molecular weight excluding hydrogens is 396 g/mol. The van der Waals surface area contributed by atoms with E-state index in [0.29, 0.717) is 36.8 Å². The number of aryl methyl sites for hydroxylation is 1. The summed E-state index contributed by atoms with van der Waals surface area (Å²) in [6, 6.07) is 11.7. The number of nitrogens with zero attached hydrogens (tertiary/aromatic N) is 3. The molecule has 0 unspecified atom stereocenters. The molecule has 1 aliphatic heterocycles. The van der Waals surface area contributed by atoms with Gasteiger partial charge in [-0.05, 0) is 37.3 Å². The first kappa shape index (κ1) is 20.6. The zero-order valence-corrected chi connectivity index (χ0v) is 16.7. The summed E-state index contributed by atoms with van der Waals surface area (Å²) in [6.45, 7) is 3.92. The summed E-state index contributed by atoms with van der Waals surface area (Å²) in [5.74, 6) is -0.600. The minimum Gasteiger partial charge on any atom is -0.368 e. The topological polar surface area (TPSA) is 95.8 Å². The molecule has 1 N–H and O–H groups in total. The lowest BCUT2D eigenvalue weighted by atomic mass is 10.1. The third-order valence-electron chi connectivity index (χ3n) is 4.86. The van der Waals surface area contributed by atoms with Gasteiger partial charge in [-0.3, -0.25) is 19.7 Å². The molecule has 9 heteroatoms. The van der Waals surface area contributed by atoms with E-state index in [1.165, 1.54) is 18.2 Å². The molecule has 8 nitrogen and oxygen atoms in total. The molecule has 1 heterocycles. The van der Waals surface area contributed by atoms with Crippen LogP contribution < -0.4 is 10.2 Å². The Morgan fingerprint density at radius 2 is 1.86 bits per heavy atom. The van der Waals surface area contributed by atoms with Gasteiger partial charge in [-0.25, -0.2) is 0 Å². The van der Waals surface area contributed by atoms with E-state index < -0.39 is 10.8 Å². The van der Waals surface area contributed by atoms with Gasteiger partial charge in [0, 0.05) is 54.1 Å². The Hall–Kier alpha value is -3.13. The van der Waals surface area contributed by atoms with Crippen molar-refractivity contribution in [2.45, 2.75) is 6.92 Å². The largest absolute Gasteiger partial charge is 0.368 e. The van der Waals surface area contributed by atoms with Crippen molar-refractivity contribution < 1.29 is 14.5 Å². The Balaban J connectivity index is 1.50. The fraction of sp³-hybridized carbons (Fsp3) is 0.300. The summed E-state index contributed by atoms with van der Waals surface area (Å²) in [5.41, 5.74) is 1.65. The lowest BCUT2D eigenvalue weighted by molar-refractivity contribution is -0.385. The molecule has 1 aliphatic rings. The summed E-state index contributed by atoms with van der Waals surface area (Å²) in [6.07, 6.45) is 0. The van der Waals surface area contributed by atoms with Crippen molar-refractivity contribution in [1.29, 1.82) is 0 Å². The zero-order chi connectivity index (χ0) is 21.0. The molecule has 1 saturated heterocycles. The van der Waals surface area contributed by atoms with E-state index in [9.17, 15) is 19.7 Å². The van der Waals surface area contributed by atoms with Crippen LogP contribution in [0, 0.1) is 17.0 Å². The van der Waals surface area contributed by atoms with Gasteiger partial charge in [0.2, 0.25) is 5.91 Å². The lowest BCUT2D eigenvalue weighted by Crippen LogP contribution is -2.51. The molecule has 0 aromatic heterocycles. The number of rotatable bonds is 5. The van der Waals surface area contributed by atoms with E-state index in [0.717, 1.165) is 5.69 Å². The van der Waals surface area contributed by atoms with Crippen molar-refractivity contribution in [2.24, 2.45) is 0 Å². The normalized spacial score (nSPS) is 13.9. The van der Waals surface area contributed by atoms with E-state index in [-0.39, 0.29) is 23.7 Å². The van der Waals surface area contributed by atoms with Crippen LogP contribution in [0.3, 0.4) is 0 Å². The van der Waals surface area contributed by atoms with Gasteiger partial charge in [-0.2, -0.15) is 0 Å². The minimum absolute atomic E-state index is 0.0461. The Bertz CT molecular complexity index is 942. The fourth-order valence-electron chi connectivity index (χ4n) is 3.26. The number of nitro benzene ring substituents is 1. The Morgan fingerprint density at radius 1 is 1.14 bits per heavy atom. The molecule has 1 fully saturated rings. The molecule has 0 spiro atoms. The zero-order valence-electron chi connectivity index (χ0n) is 15.9. The lowest BCUT2D eigenvalue weighted by Gasteiger charge is -2.36.